The Morgan fingerprint density at radius 2 is 2.12 bits per heavy atom. The molecule has 0 amide bonds. The van der Waals surface area contributed by atoms with Crippen molar-refractivity contribution in [2.45, 2.75) is 24.5 Å². The maximum atomic E-state index is 12.1. The second kappa shape index (κ2) is 3.27. The molecule has 6 heteroatoms. The second-order valence-electron chi connectivity index (χ2n) is 3.85. The van der Waals surface area contributed by atoms with Crippen LogP contribution in [0, 0.1) is 0 Å². The molecule has 1 saturated heterocycles. The minimum Gasteiger partial charge on any atom is -0.256 e. The molecule has 0 N–H and O–H groups in total. The molecule has 2 aliphatic heterocycles. The zero-order chi connectivity index (χ0) is 11.3. The Labute approximate surface area is 94.2 Å². The molecule has 2 heterocycles. The molecule has 1 fully saturated rings. The Balaban J connectivity index is 2.05. The van der Waals surface area contributed by atoms with Gasteiger partial charge in [0.15, 0.2) is 6.23 Å². The molecule has 2 aliphatic rings. The third kappa shape index (κ3) is 1.12. The highest BCUT2D eigenvalue weighted by Gasteiger charge is 2.55. The molecule has 16 heavy (non-hydrogen) atoms. The van der Waals surface area contributed by atoms with E-state index in [2.05, 4.69) is 0 Å². The summed E-state index contributed by atoms with van der Waals surface area (Å²) in [5.41, 5.74) is 0.731. The molecule has 86 valence electrons. The summed E-state index contributed by atoms with van der Waals surface area (Å²) in [6.45, 7) is 2.57. The van der Waals surface area contributed by atoms with Gasteiger partial charge in [-0.15, -0.1) is 5.17 Å². The van der Waals surface area contributed by atoms with E-state index in [-0.39, 0.29) is 0 Å². The number of benzene rings is 1. The summed E-state index contributed by atoms with van der Waals surface area (Å²) in [4.78, 5) is 5.81. The van der Waals surface area contributed by atoms with Crippen LogP contribution in [0.25, 0.3) is 0 Å². The van der Waals surface area contributed by atoms with Crippen LogP contribution in [0.15, 0.2) is 29.2 Å². The predicted octanol–water partition coefficient (Wildman–Crippen LogP) is 1.26. The van der Waals surface area contributed by atoms with Crippen LogP contribution in [0.2, 0.25) is 0 Å². The number of hydrazine groups is 1. The lowest BCUT2D eigenvalue weighted by Gasteiger charge is -2.43. The van der Waals surface area contributed by atoms with E-state index in [9.17, 15) is 8.42 Å². The summed E-state index contributed by atoms with van der Waals surface area (Å²) < 4.78 is 25.6. The molecule has 0 bridgehead atoms. The molecule has 1 aromatic rings. The highest BCUT2D eigenvalue weighted by molar-refractivity contribution is 7.89. The first kappa shape index (κ1) is 10.2. The van der Waals surface area contributed by atoms with Crippen molar-refractivity contribution in [2.75, 3.05) is 6.54 Å². The van der Waals surface area contributed by atoms with Gasteiger partial charge in [0.05, 0.1) is 4.90 Å². The Kier molecular flexibility index (Phi) is 2.09. The van der Waals surface area contributed by atoms with Gasteiger partial charge >= 0.3 is 0 Å². The van der Waals surface area contributed by atoms with Crippen molar-refractivity contribution in [3.63, 3.8) is 0 Å². The van der Waals surface area contributed by atoms with Crippen LogP contribution in [0.5, 0.6) is 0 Å². The third-order valence-corrected chi connectivity index (χ3v) is 4.56. The van der Waals surface area contributed by atoms with Gasteiger partial charge in [-0.05, 0) is 12.5 Å². The maximum Gasteiger partial charge on any atom is 0.261 e. The summed E-state index contributed by atoms with van der Waals surface area (Å²) >= 11 is 0. The standard InChI is InChI=1S/C10H12N2O3S/c1-2-7-11-12-10(15-11)8-5-3-4-6-9(8)16(12,13)14/h3-6,10H,2,7H2,1H3. The Bertz CT molecular complexity index is 529. The lowest BCUT2D eigenvalue weighted by atomic mass is 10.2. The molecule has 1 atom stereocenters. The zero-order valence-electron chi connectivity index (χ0n) is 8.83. The Morgan fingerprint density at radius 1 is 1.38 bits per heavy atom. The number of fused-ring (bicyclic) bond motifs is 3. The minimum atomic E-state index is -3.38. The number of sulfonamides is 1. The van der Waals surface area contributed by atoms with Gasteiger partial charge in [0.1, 0.15) is 0 Å². The largest absolute Gasteiger partial charge is 0.261 e. The normalized spacial score (nSPS) is 27.2. The van der Waals surface area contributed by atoms with Gasteiger partial charge in [0.25, 0.3) is 10.0 Å². The monoisotopic (exact) mass is 240 g/mol. The predicted molar refractivity (Wildman–Crippen MR) is 56.3 cm³/mol. The van der Waals surface area contributed by atoms with Crippen molar-refractivity contribution in [2.24, 2.45) is 0 Å². The second-order valence-corrected chi connectivity index (χ2v) is 5.61. The molecule has 1 aromatic carbocycles. The van der Waals surface area contributed by atoms with Crippen LogP contribution in [0.1, 0.15) is 25.1 Å². The Morgan fingerprint density at radius 3 is 2.88 bits per heavy atom. The van der Waals surface area contributed by atoms with Gasteiger partial charge < -0.3 is 0 Å². The molecule has 3 rings (SSSR count). The lowest BCUT2D eigenvalue weighted by molar-refractivity contribution is -0.432. The number of hydroxylamine groups is 1. The van der Waals surface area contributed by atoms with E-state index in [4.69, 9.17) is 4.84 Å². The van der Waals surface area contributed by atoms with Crippen molar-refractivity contribution in [1.82, 2.24) is 9.59 Å². The van der Waals surface area contributed by atoms with Crippen LogP contribution in [0.4, 0.5) is 0 Å². The van der Waals surface area contributed by atoms with Gasteiger partial charge in [-0.3, -0.25) is 4.84 Å². The van der Waals surface area contributed by atoms with Crippen molar-refractivity contribution in [3.05, 3.63) is 29.8 Å². The summed E-state index contributed by atoms with van der Waals surface area (Å²) in [6.07, 6.45) is 0.391. The van der Waals surface area contributed by atoms with E-state index in [0.29, 0.717) is 11.4 Å². The zero-order valence-corrected chi connectivity index (χ0v) is 9.64. The van der Waals surface area contributed by atoms with Gasteiger partial charge in [-0.2, -0.15) is 0 Å². The van der Waals surface area contributed by atoms with Crippen LogP contribution in [0.3, 0.4) is 0 Å². The van der Waals surface area contributed by atoms with Gasteiger partial charge in [-0.1, -0.05) is 29.5 Å². The van der Waals surface area contributed by atoms with Crippen molar-refractivity contribution in [1.29, 1.82) is 0 Å². The molecular formula is C10H12N2O3S. The van der Waals surface area contributed by atoms with Gasteiger partial charge in [0.2, 0.25) is 0 Å². The molecule has 1 unspecified atom stereocenters. The first-order valence-corrected chi connectivity index (χ1v) is 6.68. The van der Waals surface area contributed by atoms with Crippen molar-refractivity contribution < 1.29 is 13.3 Å². The van der Waals surface area contributed by atoms with Crippen LogP contribution >= 0.6 is 0 Å². The van der Waals surface area contributed by atoms with E-state index in [1.165, 1.54) is 9.59 Å². The average molecular weight is 240 g/mol. The highest BCUT2D eigenvalue weighted by Crippen LogP contribution is 2.47. The quantitative estimate of drug-likeness (QED) is 0.781. The maximum absolute atomic E-state index is 12.1. The first-order valence-electron chi connectivity index (χ1n) is 5.24. The summed E-state index contributed by atoms with van der Waals surface area (Å²) in [7, 11) is -3.38. The number of hydrogen-bond acceptors (Lipinski definition) is 4. The van der Waals surface area contributed by atoms with Gasteiger partial charge in [0, 0.05) is 12.1 Å². The molecular weight excluding hydrogens is 228 g/mol. The van der Waals surface area contributed by atoms with E-state index in [0.717, 1.165) is 12.0 Å². The SMILES string of the molecule is CCCN1OC2c3ccccc3S(=O)(=O)N21. The fourth-order valence-electron chi connectivity index (χ4n) is 2.06. The van der Waals surface area contributed by atoms with E-state index in [1.54, 1.807) is 18.2 Å². The van der Waals surface area contributed by atoms with Crippen LogP contribution in [-0.2, 0) is 14.9 Å². The fourth-order valence-corrected chi connectivity index (χ4v) is 3.74. The molecule has 0 radical (unpaired) electrons. The lowest BCUT2D eigenvalue weighted by Crippen LogP contribution is -2.56. The van der Waals surface area contributed by atoms with E-state index in [1.807, 2.05) is 13.0 Å². The number of hydrogen-bond donors (Lipinski definition) is 0. The highest BCUT2D eigenvalue weighted by atomic mass is 32.2. The first-order chi connectivity index (χ1) is 7.66. The third-order valence-electron chi connectivity index (χ3n) is 2.77. The molecule has 0 saturated carbocycles. The molecule has 0 spiro atoms. The summed E-state index contributed by atoms with van der Waals surface area (Å²) in [5.74, 6) is 0. The van der Waals surface area contributed by atoms with E-state index >= 15 is 0 Å². The fraction of sp³-hybridized carbons (Fsp3) is 0.400. The minimum absolute atomic E-state index is 0.360. The molecule has 5 nitrogen and oxygen atoms in total. The van der Waals surface area contributed by atoms with Crippen LogP contribution in [-0.4, -0.2) is 24.5 Å². The summed E-state index contributed by atoms with van der Waals surface area (Å²) in [6, 6.07) is 6.97. The molecule has 0 aromatic heterocycles. The van der Waals surface area contributed by atoms with Crippen molar-refractivity contribution >= 4 is 10.0 Å². The average Bonchev–Trinajstić information content (AvgIpc) is 2.39. The Hall–Kier alpha value is -0.950. The van der Waals surface area contributed by atoms with E-state index < -0.39 is 16.3 Å². The summed E-state index contributed by atoms with van der Waals surface area (Å²) in [5, 5.41) is 1.42. The van der Waals surface area contributed by atoms with Gasteiger partial charge in [-0.25, -0.2) is 8.42 Å². The van der Waals surface area contributed by atoms with Crippen LogP contribution < -0.4 is 0 Å². The smallest absolute Gasteiger partial charge is 0.256 e. The number of rotatable bonds is 2. The molecule has 0 aliphatic carbocycles. The topological polar surface area (TPSA) is 49.9 Å². The van der Waals surface area contributed by atoms with Crippen molar-refractivity contribution in [3.8, 4) is 0 Å². The number of nitrogens with zero attached hydrogens (tertiary/aromatic N) is 2.